The highest BCUT2D eigenvalue weighted by Gasteiger charge is 2.25. The van der Waals surface area contributed by atoms with Crippen LogP contribution in [-0.2, 0) is 9.59 Å². The number of likely N-dealkylation sites (tertiary alicyclic amines) is 1. The van der Waals surface area contributed by atoms with E-state index < -0.39 is 0 Å². The van der Waals surface area contributed by atoms with Gasteiger partial charge in [-0.3, -0.25) is 9.59 Å². The molecule has 0 bridgehead atoms. The maximum Gasteiger partial charge on any atom is 0.260 e. The van der Waals surface area contributed by atoms with Crippen molar-refractivity contribution < 1.29 is 14.3 Å². The van der Waals surface area contributed by atoms with Crippen LogP contribution in [0.3, 0.4) is 0 Å². The molecule has 19 heavy (non-hydrogen) atoms. The summed E-state index contributed by atoms with van der Waals surface area (Å²) in [5, 5.41) is 0. The van der Waals surface area contributed by atoms with E-state index in [-0.39, 0.29) is 24.2 Å². The Morgan fingerprint density at radius 2 is 1.84 bits per heavy atom. The molecule has 0 aromatic heterocycles. The normalized spacial score (nSPS) is 16.2. The molecule has 1 aliphatic rings. The van der Waals surface area contributed by atoms with Crippen LogP contribution in [-0.4, -0.2) is 36.3 Å². The van der Waals surface area contributed by atoms with Gasteiger partial charge in [-0.1, -0.05) is 18.2 Å². The van der Waals surface area contributed by atoms with E-state index in [1.165, 1.54) is 0 Å². The van der Waals surface area contributed by atoms with Crippen molar-refractivity contribution in [3.8, 4) is 5.75 Å². The number of piperidine rings is 1. The SMILES string of the molecule is CC(=O)C1CCN(C(=O)COc2ccccc2)CC1. The van der Waals surface area contributed by atoms with E-state index in [4.69, 9.17) is 4.74 Å². The Morgan fingerprint density at radius 1 is 1.21 bits per heavy atom. The average molecular weight is 261 g/mol. The number of carbonyl (C=O) groups excluding carboxylic acids is 2. The van der Waals surface area contributed by atoms with Gasteiger partial charge >= 0.3 is 0 Å². The van der Waals surface area contributed by atoms with Crippen molar-refractivity contribution in [1.29, 1.82) is 0 Å². The molecule has 0 unspecified atom stereocenters. The van der Waals surface area contributed by atoms with Crippen LogP contribution in [0.15, 0.2) is 30.3 Å². The number of para-hydroxylation sites is 1. The smallest absolute Gasteiger partial charge is 0.260 e. The molecule has 2 rings (SSSR count). The Balaban J connectivity index is 1.77. The molecule has 0 N–H and O–H groups in total. The topological polar surface area (TPSA) is 46.6 Å². The largest absolute Gasteiger partial charge is 0.484 e. The first-order valence-corrected chi connectivity index (χ1v) is 6.63. The van der Waals surface area contributed by atoms with Gasteiger partial charge in [-0.25, -0.2) is 0 Å². The third kappa shape index (κ3) is 3.81. The van der Waals surface area contributed by atoms with E-state index in [1.807, 2.05) is 30.3 Å². The minimum absolute atomic E-state index is 0.00847. The van der Waals surface area contributed by atoms with Crippen molar-refractivity contribution in [2.45, 2.75) is 19.8 Å². The van der Waals surface area contributed by atoms with Crippen LogP contribution >= 0.6 is 0 Å². The van der Waals surface area contributed by atoms with Crippen LogP contribution < -0.4 is 4.74 Å². The monoisotopic (exact) mass is 261 g/mol. The fraction of sp³-hybridized carbons (Fsp3) is 0.467. The van der Waals surface area contributed by atoms with E-state index in [0.717, 1.165) is 12.8 Å². The molecule has 1 heterocycles. The molecule has 1 fully saturated rings. The second-order valence-corrected chi connectivity index (χ2v) is 4.87. The number of carbonyl (C=O) groups is 2. The minimum atomic E-state index is -0.00847. The van der Waals surface area contributed by atoms with Gasteiger partial charge in [0.2, 0.25) is 0 Å². The van der Waals surface area contributed by atoms with Crippen molar-refractivity contribution >= 4 is 11.7 Å². The van der Waals surface area contributed by atoms with Gasteiger partial charge in [0.05, 0.1) is 0 Å². The molecular weight excluding hydrogens is 242 g/mol. The molecule has 1 aromatic rings. The van der Waals surface area contributed by atoms with Crippen LogP contribution in [0.1, 0.15) is 19.8 Å². The summed E-state index contributed by atoms with van der Waals surface area (Å²) in [6.45, 7) is 3.00. The van der Waals surface area contributed by atoms with Gasteiger partial charge in [0.1, 0.15) is 11.5 Å². The first-order chi connectivity index (χ1) is 9.16. The lowest BCUT2D eigenvalue weighted by atomic mass is 9.93. The summed E-state index contributed by atoms with van der Waals surface area (Å²) in [6.07, 6.45) is 1.54. The molecule has 1 amide bonds. The lowest BCUT2D eigenvalue weighted by Gasteiger charge is -2.30. The molecule has 1 saturated heterocycles. The zero-order valence-electron chi connectivity index (χ0n) is 11.2. The second-order valence-electron chi connectivity index (χ2n) is 4.87. The zero-order chi connectivity index (χ0) is 13.7. The molecule has 0 spiro atoms. The molecule has 4 heteroatoms. The quantitative estimate of drug-likeness (QED) is 0.831. The minimum Gasteiger partial charge on any atom is -0.484 e. The van der Waals surface area contributed by atoms with Gasteiger partial charge in [0, 0.05) is 19.0 Å². The summed E-state index contributed by atoms with van der Waals surface area (Å²) < 4.78 is 5.44. The average Bonchev–Trinajstić information content (AvgIpc) is 2.46. The Hall–Kier alpha value is -1.84. The summed E-state index contributed by atoms with van der Waals surface area (Å²) >= 11 is 0. The highest BCUT2D eigenvalue weighted by molar-refractivity contribution is 5.80. The van der Waals surface area contributed by atoms with Gasteiger partial charge in [-0.05, 0) is 31.9 Å². The van der Waals surface area contributed by atoms with E-state index in [0.29, 0.717) is 18.8 Å². The molecule has 4 nitrogen and oxygen atoms in total. The number of hydrogen-bond acceptors (Lipinski definition) is 3. The molecule has 1 aliphatic heterocycles. The summed E-state index contributed by atoms with van der Waals surface area (Å²) in [7, 11) is 0. The van der Waals surface area contributed by atoms with Crippen LogP contribution in [0.25, 0.3) is 0 Å². The zero-order valence-corrected chi connectivity index (χ0v) is 11.2. The molecule has 0 radical (unpaired) electrons. The fourth-order valence-electron chi connectivity index (χ4n) is 2.29. The maximum absolute atomic E-state index is 12.0. The van der Waals surface area contributed by atoms with E-state index >= 15 is 0 Å². The van der Waals surface area contributed by atoms with Crippen LogP contribution in [0, 0.1) is 5.92 Å². The van der Waals surface area contributed by atoms with E-state index in [9.17, 15) is 9.59 Å². The third-order valence-electron chi connectivity index (χ3n) is 3.53. The Labute approximate surface area is 113 Å². The number of Topliss-reactive ketones (excluding diaryl/α,β-unsaturated/α-hetero) is 1. The number of hydrogen-bond donors (Lipinski definition) is 0. The second kappa shape index (κ2) is 6.36. The van der Waals surface area contributed by atoms with Crippen molar-refractivity contribution in [3.63, 3.8) is 0 Å². The number of ketones is 1. The molecule has 1 aromatic carbocycles. The first-order valence-electron chi connectivity index (χ1n) is 6.63. The Kier molecular flexibility index (Phi) is 4.55. The Bertz CT molecular complexity index is 436. The predicted octanol–water partition coefficient (Wildman–Crippen LogP) is 1.89. The van der Waals surface area contributed by atoms with Crippen molar-refractivity contribution in [1.82, 2.24) is 4.90 Å². The highest BCUT2D eigenvalue weighted by atomic mass is 16.5. The number of nitrogens with zero attached hydrogens (tertiary/aromatic N) is 1. The van der Waals surface area contributed by atoms with Crippen molar-refractivity contribution in [3.05, 3.63) is 30.3 Å². The molecule has 0 atom stereocenters. The highest BCUT2D eigenvalue weighted by Crippen LogP contribution is 2.18. The van der Waals surface area contributed by atoms with Gasteiger partial charge in [0.25, 0.3) is 5.91 Å². The van der Waals surface area contributed by atoms with Crippen molar-refractivity contribution in [2.24, 2.45) is 5.92 Å². The lowest BCUT2D eigenvalue weighted by molar-refractivity contribution is -0.136. The van der Waals surface area contributed by atoms with Gasteiger partial charge in [0.15, 0.2) is 6.61 Å². The summed E-state index contributed by atoms with van der Waals surface area (Å²) in [6, 6.07) is 9.31. The number of ether oxygens (including phenoxy) is 1. The number of amides is 1. The fourth-order valence-corrected chi connectivity index (χ4v) is 2.29. The standard InChI is InChI=1S/C15H19NO3/c1-12(17)13-7-9-16(10-8-13)15(18)11-19-14-5-3-2-4-6-14/h2-6,13H,7-11H2,1H3. The van der Waals surface area contributed by atoms with Gasteiger partial charge in [-0.15, -0.1) is 0 Å². The van der Waals surface area contributed by atoms with E-state index in [1.54, 1.807) is 11.8 Å². The van der Waals surface area contributed by atoms with Gasteiger partial charge < -0.3 is 9.64 Å². The molecule has 0 aliphatic carbocycles. The van der Waals surface area contributed by atoms with Gasteiger partial charge in [-0.2, -0.15) is 0 Å². The van der Waals surface area contributed by atoms with Crippen LogP contribution in [0.4, 0.5) is 0 Å². The summed E-state index contributed by atoms with van der Waals surface area (Å²) in [5.74, 6) is 1.05. The number of benzene rings is 1. The van der Waals surface area contributed by atoms with Crippen molar-refractivity contribution in [2.75, 3.05) is 19.7 Å². The number of rotatable bonds is 4. The Morgan fingerprint density at radius 3 is 2.42 bits per heavy atom. The maximum atomic E-state index is 12.0. The van der Waals surface area contributed by atoms with E-state index in [2.05, 4.69) is 0 Å². The summed E-state index contributed by atoms with van der Waals surface area (Å²) in [5.41, 5.74) is 0. The van der Waals surface area contributed by atoms with Crippen LogP contribution in [0.5, 0.6) is 5.75 Å². The third-order valence-corrected chi connectivity index (χ3v) is 3.53. The first kappa shape index (κ1) is 13.6. The lowest BCUT2D eigenvalue weighted by Crippen LogP contribution is -2.42. The molecule has 0 saturated carbocycles. The molecule has 102 valence electrons. The predicted molar refractivity (Wildman–Crippen MR) is 71.9 cm³/mol. The molecular formula is C15H19NO3. The summed E-state index contributed by atoms with van der Waals surface area (Å²) in [4.78, 5) is 25.0. The van der Waals surface area contributed by atoms with Crippen LogP contribution in [0.2, 0.25) is 0 Å².